The van der Waals surface area contributed by atoms with E-state index in [-0.39, 0.29) is 30.0 Å². The minimum Gasteiger partial charge on any atom is -0.383 e. The van der Waals surface area contributed by atoms with Gasteiger partial charge in [0.25, 0.3) is 0 Å². The number of nitrogens with one attached hydrogen (secondary N) is 2. The van der Waals surface area contributed by atoms with Gasteiger partial charge in [-0.05, 0) is 38.8 Å². The first-order valence-electron chi connectivity index (χ1n) is 7.38. The van der Waals surface area contributed by atoms with Crippen molar-refractivity contribution in [3.05, 3.63) is 0 Å². The Morgan fingerprint density at radius 3 is 2.85 bits per heavy atom. The Kier molecular flexibility index (Phi) is 11.5. The van der Waals surface area contributed by atoms with E-state index in [1.165, 1.54) is 25.9 Å². The van der Waals surface area contributed by atoms with Crippen molar-refractivity contribution in [2.24, 2.45) is 10.9 Å². The van der Waals surface area contributed by atoms with Gasteiger partial charge in [-0.15, -0.1) is 24.0 Å². The van der Waals surface area contributed by atoms with E-state index in [0.29, 0.717) is 6.61 Å². The molecule has 6 heteroatoms. The SMILES string of the molecule is CCN1CCCC(CNC(=NC)NC(C)COC)C1.I. The molecule has 0 aromatic carbocycles. The predicted molar refractivity (Wildman–Crippen MR) is 96.1 cm³/mol. The lowest BCUT2D eigenvalue weighted by molar-refractivity contribution is 0.177. The number of halogens is 1. The smallest absolute Gasteiger partial charge is 0.191 e. The molecule has 120 valence electrons. The number of guanidine groups is 1. The second-order valence-corrected chi connectivity index (χ2v) is 5.36. The molecule has 1 rings (SSSR count). The van der Waals surface area contributed by atoms with E-state index >= 15 is 0 Å². The average molecular weight is 398 g/mol. The molecule has 0 spiro atoms. The molecule has 2 atom stereocenters. The van der Waals surface area contributed by atoms with E-state index < -0.39 is 0 Å². The molecule has 20 heavy (non-hydrogen) atoms. The van der Waals surface area contributed by atoms with Gasteiger partial charge >= 0.3 is 0 Å². The minimum atomic E-state index is 0. The van der Waals surface area contributed by atoms with Gasteiger partial charge in [0.2, 0.25) is 0 Å². The molecule has 1 saturated heterocycles. The van der Waals surface area contributed by atoms with Crippen LogP contribution < -0.4 is 10.6 Å². The van der Waals surface area contributed by atoms with E-state index in [4.69, 9.17) is 4.74 Å². The molecule has 0 aromatic rings. The van der Waals surface area contributed by atoms with E-state index in [1.54, 1.807) is 7.11 Å². The Morgan fingerprint density at radius 2 is 2.25 bits per heavy atom. The normalized spacial score (nSPS) is 22.0. The van der Waals surface area contributed by atoms with Crippen molar-refractivity contribution in [1.29, 1.82) is 0 Å². The van der Waals surface area contributed by atoms with Crippen molar-refractivity contribution in [3.8, 4) is 0 Å². The van der Waals surface area contributed by atoms with Crippen LogP contribution in [0.4, 0.5) is 0 Å². The van der Waals surface area contributed by atoms with Gasteiger partial charge in [0.05, 0.1) is 6.61 Å². The molecule has 2 unspecified atom stereocenters. The zero-order valence-electron chi connectivity index (χ0n) is 13.3. The Morgan fingerprint density at radius 1 is 1.50 bits per heavy atom. The molecule has 0 bridgehead atoms. The van der Waals surface area contributed by atoms with Crippen LogP contribution in [-0.4, -0.2) is 63.8 Å². The fraction of sp³-hybridized carbons (Fsp3) is 0.929. The highest BCUT2D eigenvalue weighted by atomic mass is 127. The Labute approximate surface area is 140 Å². The van der Waals surface area contributed by atoms with E-state index in [1.807, 2.05) is 7.05 Å². The van der Waals surface area contributed by atoms with Gasteiger partial charge in [0, 0.05) is 33.3 Å². The zero-order valence-corrected chi connectivity index (χ0v) is 15.6. The zero-order chi connectivity index (χ0) is 14.1. The molecule has 0 radical (unpaired) electrons. The number of methoxy groups -OCH3 is 1. The van der Waals surface area contributed by atoms with Gasteiger partial charge in [-0.1, -0.05) is 6.92 Å². The topological polar surface area (TPSA) is 48.9 Å². The van der Waals surface area contributed by atoms with Crippen LogP contribution in [0.1, 0.15) is 26.7 Å². The van der Waals surface area contributed by atoms with Crippen LogP contribution in [0.5, 0.6) is 0 Å². The van der Waals surface area contributed by atoms with Crippen molar-refractivity contribution in [1.82, 2.24) is 15.5 Å². The maximum Gasteiger partial charge on any atom is 0.191 e. The second-order valence-electron chi connectivity index (χ2n) is 5.36. The monoisotopic (exact) mass is 398 g/mol. The van der Waals surface area contributed by atoms with Crippen LogP contribution >= 0.6 is 24.0 Å². The Balaban J connectivity index is 0.00000361. The molecule has 1 fully saturated rings. The fourth-order valence-electron chi connectivity index (χ4n) is 2.57. The summed E-state index contributed by atoms with van der Waals surface area (Å²) < 4.78 is 5.12. The first-order valence-corrected chi connectivity index (χ1v) is 7.38. The number of piperidine rings is 1. The van der Waals surface area contributed by atoms with Gasteiger partial charge in [-0.3, -0.25) is 4.99 Å². The number of rotatable bonds is 6. The van der Waals surface area contributed by atoms with Gasteiger partial charge in [-0.25, -0.2) is 0 Å². The van der Waals surface area contributed by atoms with Crippen molar-refractivity contribution >= 4 is 29.9 Å². The lowest BCUT2D eigenvalue weighted by atomic mass is 9.98. The summed E-state index contributed by atoms with van der Waals surface area (Å²) in [7, 11) is 3.53. The van der Waals surface area contributed by atoms with Crippen LogP contribution in [0.3, 0.4) is 0 Å². The van der Waals surface area contributed by atoms with Gasteiger partial charge < -0.3 is 20.3 Å². The third-order valence-corrected chi connectivity index (χ3v) is 3.63. The first-order chi connectivity index (χ1) is 9.19. The summed E-state index contributed by atoms with van der Waals surface area (Å²) in [6.45, 7) is 9.63. The largest absolute Gasteiger partial charge is 0.383 e. The second kappa shape index (κ2) is 11.6. The Bertz CT molecular complexity index is 276. The first kappa shape index (κ1) is 19.9. The maximum atomic E-state index is 5.12. The molecule has 2 N–H and O–H groups in total. The molecule has 1 aliphatic rings. The minimum absolute atomic E-state index is 0. The molecule has 0 aromatic heterocycles. The number of ether oxygens (including phenoxy) is 1. The van der Waals surface area contributed by atoms with Crippen LogP contribution in [0.25, 0.3) is 0 Å². The molecule has 5 nitrogen and oxygen atoms in total. The quantitative estimate of drug-likeness (QED) is 0.405. The fourth-order valence-corrected chi connectivity index (χ4v) is 2.57. The molecular weight excluding hydrogens is 367 g/mol. The summed E-state index contributed by atoms with van der Waals surface area (Å²) in [5.41, 5.74) is 0. The highest BCUT2D eigenvalue weighted by molar-refractivity contribution is 14.0. The average Bonchev–Trinajstić information content (AvgIpc) is 2.44. The highest BCUT2D eigenvalue weighted by Gasteiger charge is 2.18. The number of hydrogen-bond donors (Lipinski definition) is 2. The van der Waals surface area contributed by atoms with Crippen LogP contribution in [0.2, 0.25) is 0 Å². The van der Waals surface area contributed by atoms with Gasteiger partial charge in [0.15, 0.2) is 5.96 Å². The predicted octanol–water partition coefficient (Wildman–Crippen LogP) is 1.54. The van der Waals surface area contributed by atoms with Gasteiger partial charge in [0.1, 0.15) is 0 Å². The lowest BCUT2D eigenvalue weighted by Gasteiger charge is -2.32. The summed E-state index contributed by atoms with van der Waals surface area (Å²) in [6, 6.07) is 0.273. The highest BCUT2D eigenvalue weighted by Crippen LogP contribution is 2.14. The third-order valence-electron chi connectivity index (χ3n) is 3.63. The van der Waals surface area contributed by atoms with E-state index in [0.717, 1.165) is 25.0 Å². The summed E-state index contributed by atoms with van der Waals surface area (Å²) in [6.07, 6.45) is 2.63. The summed E-state index contributed by atoms with van der Waals surface area (Å²) >= 11 is 0. The van der Waals surface area contributed by atoms with Crippen LogP contribution in [0.15, 0.2) is 4.99 Å². The lowest BCUT2D eigenvalue weighted by Crippen LogP contribution is -2.47. The standard InChI is InChI=1S/C14H30N4O.HI/c1-5-18-8-6-7-13(10-18)9-16-14(15-3)17-12(2)11-19-4;/h12-13H,5-11H2,1-4H3,(H2,15,16,17);1H. The van der Waals surface area contributed by atoms with Crippen LogP contribution in [0, 0.1) is 5.92 Å². The maximum absolute atomic E-state index is 5.12. The molecular formula is C14H31IN4O. The Hall–Kier alpha value is -0.0800. The number of nitrogens with zero attached hydrogens (tertiary/aromatic N) is 2. The molecule has 0 amide bonds. The summed E-state index contributed by atoms with van der Waals surface area (Å²) in [4.78, 5) is 6.79. The van der Waals surface area contributed by atoms with Crippen molar-refractivity contribution in [2.75, 3.05) is 46.9 Å². The van der Waals surface area contributed by atoms with Crippen molar-refractivity contribution < 1.29 is 4.74 Å². The molecule has 1 heterocycles. The summed E-state index contributed by atoms with van der Waals surface area (Å²) in [5.74, 6) is 1.60. The van der Waals surface area contributed by atoms with E-state index in [9.17, 15) is 0 Å². The molecule has 1 aliphatic heterocycles. The molecule has 0 saturated carbocycles. The third kappa shape index (κ3) is 7.64. The number of aliphatic imine (C=N–C) groups is 1. The molecule has 0 aliphatic carbocycles. The number of hydrogen-bond acceptors (Lipinski definition) is 3. The number of likely N-dealkylation sites (tertiary alicyclic amines) is 1. The summed E-state index contributed by atoms with van der Waals surface area (Å²) in [5, 5.41) is 6.76. The van der Waals surface area contributed by atoms with E-state index in [2.05, 4.69) is 34.4 Å². The van der Waals surface area contributed by atoms with Crippen molar-refractivity contribution in [3.63, 3.8) is 0 Å². The van der Waals surface area contributed by atoms with Crippen molar-refractivity contribution in [2.45, 2.75) is 32.7 Å². The van der Waals surface area contributed by atoms with Crippen LogP contribution in [-0.2, 0) is 4.74 Å². The van der Waals surface area contributed by atoms with Gasteiger partial charge in [-0.2, -0.15) is 0 Å².